The van der Waals surface area contributed by atoms with Crippen LogP contribution in [0.15, 0.2) is 36.4 Å². The van der Waals surface area contributed by atoms with E-state index in [2.05, 4.69) is 45.0 Å². The number of carboxylic acids is 1. The highest BCUT2D eigenvalue weighted by Crippen LogP contribution is 2.45. The van der Waals surface area contributed by atoms with Crippen molar-refractivity contribution < 1.29 is 15.0 Å². The molecule has 0 spiro atoms. The number of hydrogen-bond donors (Lipinski definition) is 2. The normalized spacial score (nSPS) is 26.5. The van der Waals surface area contributed by atoms with Crippen LogP contribution in [0, 0.1) is 5.92 Å². The fraction of sp³-hybridized carbons (Fsp3) is 0.591. The predicted octanol–water partition coefficient (Wildman–Crippen LogP) is 5.26. The number of carbonyl (C=O) groups is 1. The summed E-state index contributed by atoms with van der Waals surface area (Å²) >= 11 is 6.55. The summed E-state index contributed by atoms with van der Waals surface area (Å²) in [5.41, 5.74) is 2.58. The molecule has 0 aromatic heterocycles. The van der Waals surface area contributed by atoms with Crippen molar-refractivity contribution in [2.45, 2.75) is 75.7 Å². The minimum atomic E-state index is -0.900. The molecule has 1 aliphatic carbocycles. The van der Waals surface area contributed by atoms with Gasteiger partial charge in [-0.3, -0.25) is 0 Å². The van der Waals surface area contributed by atoms with Crippen molar-refractivity contribution in [3.8, 4) is 0 Å². The van der Waals surface area contributed by atoms with Gasteiger partial charge < -0.3 is 10.2 Å². The number of rotatable bonds is 7. The fourth-order valence-corrected chi connectivity index (χ4v) is 4.39. The summed E-state index contributed by atoms with van der Waals surface area (Å²) in [7, 11) is 0. The second-order valence-electron chi connectivity index (χ2n) is 8.41. The summed E-state index contributed by atoms with van der Waals surface area (Å²) in [6.45, 7) is 6.59. The van der Waals surface area contributed by atoms with Gasteiger partial charge in [0.25, 0.3) is 0 Å². The summed E-state index contributed by atoms with van der Waals surface area (Å²) in [4.78, 5) is 10.5. The van der Waals surface area contributed by atoms with E-state index in [1.54, 1.807) is 6.08 Å². The third kappa shape index (κ3) is 5.59. The zero-order chi connectivity index (χ0) is 19.3. The molecule has 4 heteroatoms. The fourth-order valence-electron chi connectivity index (χ4n) is 3.92. The molecule has 3 nitrogen and oxygen atoms in total. The molecule has 0 saturated heterocycles. The summed E-state index contributed by atoms with van der Waals surface area (Å²) in [5.74, 6) is -0.555. The Morgan fingerprint density at radius 3 is 2.46 bits per heavy atom. The van der Waals surface area contributed by atoms with E-state index < -0.39 is 12.1 Å². The Morgan fingerprint density at radius 2 is 1.88 bits per heavy atom. The van der Waals surface area contributed by atoms with Crippen molar-refractivity contribution >= 4 is 17.6 Å². The van der Waals surface area contributed by atoms with Crippen LogP contribution in [0.3, 0.4) is 0 Å². The van der Waals surface area contributed by atoms with Crippen LogP contribution in [-0.2, 0) is 10.2 Å². The average Bonchev–Trinajstić information content (AvgIpc) is 2.83. The Balaban J connectivity index is 2.00. The second-order valence-corrected chi connectivity index (χ2v) is 8.97. The van der Waals surface area contributed by atoms with E-state index in [-0.39, 0.29) is 22.6 Å². The van der Waals surface area contributed by atoms with Crippen LogP contribution in [0.4, 0.5) is 0 Å². The van der Waals surface area contributed by atoms with E-state index in [0.29, 0.717) is 6.42 Å². The molecule has 26 heavy (non-hydrogen) atoms. The van der Waals surface area contributed by atoms with E-state index in [1.165, 1.54) is 17.2 Å². The number of hydrogen-bond acceptors (Lipinski definition) is 2. The molecular formula is C22H31ClO3. The second kappa shape index (κ2) is 9.05. The molecule has 2 rings (SSSR count). The summed E-state index contributed by atoms with van der Waals surface area (Å²) in [6, 6.07) is 8.62. The number of alkyl halides is 1. The van der Waals surface area contributed by atoms with Gasteiger partial charge in [-0.1, -0.05) is 57.5 Å². The molecule has 144 valence electrons. The highest BCUT2D eigenvalue weighted by molar-refractivity contribution is 6.21. The molecule has 0 bridgehead atoms. The molecule has 0 amide bonds. The van der Waals surface area contributed by atoms with Gasteiger partial charge in [0.2, 0.25) is 0 Å². The first-order valence-electron chi connectivity index (χ1n) is 9.52. The minimum absolute atomic E-state index is 0.00754. The van der Waals surface area contributed by atoms with E-state index in [1.807, 2.05) is 0 Å². The van der Waals surface area contributed by atoms with Gasteiger partial charge >= 0.3 is 5.97 Å². The quantitative estimate of drug-likeness (QED) is 0.386. The lowest BCUT2D eigenvalue weighted by Gasteiger charge is -2.25. The maximum absolute atomic E-state index is 10.6. The zero-order valence-corrected chi connectivity index (χ0v) is 16.7. The number of benzene rings is 1. The van der Waals surface area contributed by atoms with E-state index in [9.17, 15) is 9.90 Å². The van der Waals surface area contributed by atoms with Gasteiger partial charge in [0, 0.05) is 17.4 Å². The van der Waals surface area contributed by atoms with E-state index >= 15 is 0 Å². The van der Waals surface area contributed by atoms with Crippen molar-refractivity contribution in [3.05, 3.63) is 47.5 Å². The lowest BCUT2D eigenvalue weighted by atomic mass is 9.81. The summed E-state index contributed by atoms with van der Waals surface area (Å²) < 4.78 is 0. The lowest BCUT2D eigenvalue weighted by Crippen LogP contribution is -2.19. The van der Waals surface area contributed by atoms with Crippen molar-refractivity contribution in [2.75, 3.05) is 0 Å². The molecule has 1 aromatic carbocycles. The average molecular weight is 379 g/mol. The molecule has 4 atom stereocenters. The Morgan fingerprint density at radius 1 is 1.23 bits per heavy atom. The van der Waals surface area contributed by atoms with Crippen LogP contribution in [0.5, 0.6) is 0 Å². The highest BCUT2D eigenvalue weighted by Gasteiger charge is 2.41. The van der Waals surface area contributed by atoms with Gasteiger partial charge in [0.05, 0.1) is 6.10 Å². The third-order valence-corrected chi connectivity index (χ3v) is 5.89. The van der Waals surface area contributed by atoms with Gasteiger partial charge in [-0.15, -0.1) is 11.6 Å². The number of aliphatic carboxylic acids is 1. The Kier molecular flexibility index (Phi) is 7.31. The van der Waals surface area contributed by atoms with Crippen LogP contribution in [-0.4, -0.2) is 27.7 Å². The molecule has 1 fully saturated rings. The Hall–Kier alpha value is -1.32. The van der Waals surface area contributed by atoms with Gasteiger partial charge in [-0.2, -0.15) is 0 Å². The smallest absolute Gasteiger partial charge is 0.327 e. The predicted molar refractivity (Wildman–Crippen MR) is 107 cm³/mol. The van der Waals surface area contributed by atoms with Crippen molar-refractivity contribution in [2.24, 2.45) is 5.92 Å². The van der Waals surface area contributed by atoms with Crippen LogP contribution in [0.1, 0.15) is 69.9 Å². The molecule has 0 aliphatic heterocycles. The molecule has 1 saturated carbocycles. The molecular weight excluding hydrogens is 348 g/mol. The topological polar surface area (TPSA) is 57.5 Å². The van der Waals surface area contributed by atoms with Gasteiger partial charge in [0.1, 0.15) is 0 Å². The van der Waals surface area contributed by atoms with Crippen LogP contribution in [0.25, 0.3) is 0 Å². The van der Waals surface area contributed by atoms with Crippen molar-refractivity contribution in [3.63, 3.8) is 0 Å². The number of aliphatic hydroxyl groups excluding tert-OH is 1. The number of carboxylic acid groups (broad SMARTS) is 1. The van der Waals surface area contributed by atoms with Crippen LogP contribution < -0.4 is 0 Å². The van der Waals surface area contributed by atoms with Crippen molar-refractivity contribution in [1.29, 1.82) is 0 Å². The maximum atomic E-state index is 10.6. The lowest BCUT2D eigenvalue weighted by molar-refractivity contribution is -0.131. The standard InChI is InChI=1S/C22H31ClO3/c1-22(2,3)16-12-10-15(11-13-16)21-17(18(23)14-19(21)24)8-6-4-5-7-9-20(25)26/h7,9-13,17-19,21,24H,4-6,8,14H2,1-3H3,(H,25,26)/t17-,18+,19+,21+/m0/s1. The zero-order valence-electron chi connectivity index (χ0n) is 16.0. The monoisotopic (exact) mass is 378 g/mol. The number of halogens is 1. The third-order valence-electron chi connectivity index (χ3n) is 5.39. The first kappa shape index (κ1) is 21.0. The largest absolute Gasteiger partial charge is 0.478 e. The summed E-state index contributed by atoms with van der Waals surface area (Å²) in [6.07, 6.45) is 6.79. The van der Waals surface area contributed by atoms with Gasteiger partial charge in [-0.05, 0) is 48.1 Å². The molecule has 0 heterocycles. The first-order valence-corrected chi connectivity index (χ1v) is 9.96. The van der Waals surface area contributed by atoms with Gasteiger partial charge in [-0.25, -0.2) is 4.79 Å². The van der Waals surface area contributed by atoms with Crippen LogP contribution >= 0.6 is 11.6 Å². The van der Waals surface area contributed by atoms with E-state index in [0.717, 1.165) is 25.7 Å². The highest BCUT2D eigenvalue weighted by atomic mass is 35.5. The SMILES string of the molecule is CC(C)(C)c1ccc([C@@H]2[C@@H](CCCCC=CC(=O)O)[C@H](Cl)C[C@H]2O)cc1. The molecule has 0 unspecified atom stereocenters. The summed E-state index contributed by atoms with van der Waals surface area (Å²) in [5, 5.41) is 19.2. The molecule has 2 N–H and O–H groups in total. The van der Waals surface area contributed by atoms with Crippen molar-refractivity contribution in [1.82, 2.24) is 0 Å². The number of allylic oxidation sites excluding steroid dienone is 1. The first-order chi connectivity index (χ1) is 12.2. The number of unbranched alkanes of at least 4 members (excludes halogenated alkanes) is 2. The van der Waals surface area contributed by atoms with Gasteiger partial charge in [0.15, 0.2) is 0 Å². The van der Waals surface area contributed by atoms with Crippen LogP contribution in [0.2, 0.25) is 0 Å². The maximum Gasteiger partial charge on any atom is 0.327 e. The van der Waals surface area contributed by atoms with E-state index in [4.69, 9.17) is 16.7 Å². The Bertz CT molecular complexity index is 615. The number of aliphatic hydroxyl groups is 1. The Labute approximate surface area is 162 Å². The minimum Gasteiger partial charge on any atom is -0.478 e. The molecule has 1 aromatic rings. The molecule has 0 radical (unpaired) electrons. The molecule has 1 aliphatic rings.